The SMILES string of the molecule is N#C/C(=C\c1cccs1)C(=O)Nc1ccc(O)cc1. The largest absolute Gasteiger partial charge is 0.508 e. The molecule has 1 aromatic heterocycles. The molecule has 0 aliphatic heterocycles. The summed E-state index contributed by atoms with van der Waals surface area (Å²) in [5, 5.41) is 22.6. The molecule has 0 bridgehead atoms. The van der Waals surface area contributed by atoms with Crippen molar-refractivity contribution in [2.24, 2.45) is 0 Å². The number of nitriles is 1. The van der Waals surface area contributed by atoms with Crippen molar-refractivity contribution in [3.63, 3.8) is 0 Å². The Morgan fingerprint density at radius 3 is 2.63 bits per heavy atom. The highest BCUT2D eigenvalue weighted by Crippen LogP contribution is 2.16. The van der Waals surface area contributed by atoms with Gasteiger partial charge in [-0.1, -0.05) is 6.07 Å². The first-order chi connectivity index (χ1) is 9.19. The number of hydrogen-bond acceptors (Lipinski definition) is 4. The molecule has 0 saturated carbocycles. The molecule has 0 aliphatic rings. The van der Waals surface area contributed by atoms with Crippen LogP contribution >= 0.6 is 11.3 Å². The molecule has 0 saturated heterocycles. The van der Waals surface area contributed by atoms with Crippen LogP contribution in [0.2, 0.25) is 0 Å². The Balaban J connectivity index is 2.14. The number of benzene rings is 1. The number of aromatic hydroxyl groups is 1. The average Bonchev–Trinajstić information content (AvgIpc) is 2.91. The summed E-state index contributed by atoms with van der Waals surface area (Å²) >= 11 is 1.45. The van der Waals surface area contributed by atoms with Crippen molar-refractivity contribution in [1.29, 1.82) is 5.26 Å². The van der Waals surface area contributed by atoms with Gasteiger partial charge in [0.2, 0.25) is 0 Å². The van der Waals surface area contributed by atoms with Gasteiger partial charge in [-0.25, -0.2) is 0 Å². The Hall–Kier alpha value is -2.58. The van der Waals surface area contributed by atoms with Crippen molar-refractivity contribution in [2.45, 2.75) is 0 Å². The first-order valence-corrected chi connectivity index (χ1v) is 6.32. The lowest BCUT2D eigenvalue weighted by molar-refractivity contribution is -0.112. The zero-order valence-electron chi connectivity index (χ0n) is 9.83. The zero-order chi connectivity index (χ0) is 13.7. The number of phenolic OH excluding ortho intramolecular Hbond substituents is 1. The van der Waals surface area contributed by atoms with Crippen molar-refractivity contribution in [1.82, 2.24) is 0 Å². The third-order valence-corrected chi connectivity index (χ3v) is 3.14. The second-order valence-corrected chi connectivity index (χ2v) is 4.67. The van der Waals surface area contributed by atoms with E-state index >= 15 is 0 Å². The van der Waals surface area contributed by atoms with Crippen LogP contribution in [-0.4, -0.2) is 11.0 Å². The molecular weight excluding hydrogens is 260 g/mol. The molecule has 2 rings (SSSR count). The molecule has 5 heteroatoms. The zero-order valence-corrected chi connectivity index (χ0v) is 10.6. The number of anilines is 1. The van der Waals surface area contributed by atoms with Crippen LogP contribution in [0.1, 0.15) is 4.88 Å². The van der Waals surface area contributed by atoms with E-state index in [4.69, 9.17) is 10.4 Å². The van der Waals surface area contributed by atoms with Crippen LogP contribution in [0.25, 0.3) is 6.08 Å². The highest BCUT2D eigenvalue weighted by Gasteiger charge is 2.09. The summed E-state index contributed by atoms with van der Waals surface area (Å²) < 4.78 is 0. The molecular formula is C14H10N2O2S. The number of amides is 1. The van der Waals surface area contributed by atoms with Crippen LogP contribution in [-0.2, 0) is 4.79 Å². The van der Waals surface area contributed by atoms with Crippen LogP contribution in [0.3, 0.4) is 0 Å². The van der Waals surface area contributed by atoms with Gasteiger partial charge in [-0.05, 0) is 41.8 Å². The minimum absolute atomic E-state index is 0.0375. The maximum Gasteiger partial charge on any atom is 0.266 e. The van der Waals surface area contributed by atoms with E-state index in [0.29, 0.717) is 5.69 Å². The van der Waals surface area contributed by atoms with Crippen LogP contribution in [0.4, 0.5) is 5.69 Å². The van der Waals surface area contributed by atoms with E-state index in [1.165, 1.54) is 23.5 Å². The fraction of sp³-hybridized carbons (Fsp3) is 0. The van der Waals surface area contributed by atoms with Gasteiger partial charge >= 0.3 is 0 Å². The lowest BCUT2D eigenvalue weighted by Crippen LogP contribution is -2.13. The third kappa shape index (κ3) is 3.44. The van der Waals surface area contributed by atoms with Crippen LogP contribution in [0.15, 0.2) is 47.4 Å². The van der Waals surface area contributed by atoms with Crippen molar-refractivity contribution in [2.75, 3.05) is 5.32 Å². The number of nitrogens with one attached hydrogen (secondary N) is 1. The smallest absolute Gasteiger partial charge is 0.266 e. The van der Waals surface area contributed by atoms with Gasteiger partial charge < -0.3 is 10.4 Å². The van der Waals surface area contributed by atoms with Crippen molar-refractivity contribution >= 4 is 29.0 Å². The first-order valence-electron chi connectivity index (χ1n) is 5.45. The topological polar surface area (TPSA) is 73.1 Å². The molecule has 0 aliphatic carbocycles. The number of rotatable bonds is 3. The highest BCUT2D eigenvalue weighted by molar-refractivity contribution is 7.10. The van der Waals surface area contributed by atoms with Crippen LogP contribution in [0.5, 0.6) is 5.75 Å². The molecule has 2 aromatic rings. The fourth-order valence-corrected chi connectivity index (χ4v) is 2.06. The van der Waals surface area contributed by atoms with Gasteiger partial charge in [-0.2, -0.15) is 5.26 Å². The van der Waals surface area contributed by atoms with Crippen molar-refractivity contribution in [3.8, 4) is 11.8 Å². The molecule has 4 nitrogen and oxygen atoms in total. The Kier molecular flexibility index (Phi) is 3.96. The normalized spacial score (nSPS) is 10.8. The van der Waals surface area contributed by atoms with E-state index in [9.17, 15) is 4.79 Å². The van der Waals surface area contributed by atoms with Crippen LogP contribution < -0.4 is 5.32 Å². The summed E-state index contributed by atoms with van der Waals surface area (Å²) in [5.74, 6) is -0.353. The molecule has 0 atom stereocenters. The van der Waals surface area contributed by atoms with E-state index in [-0.39, 0.29) is 11.3 Å². The molecule has 94 valence electrons. The number of phenols is 1. The molecule has 2 N–H and O–H groups in total. The van der Waals surface area contributed by atoms with Crippen molar-refractivity contribution < 1.29 is 9.90 Å². The average molecular weight is 270 g/mol. The summed E-state index contributed by atoms with van der Waals surface area (Å²) in [7, 11) is 0. The van der Waals surface area contributed by atoms with Gasteiger partial charge in [0.05, 0.1) is 0 Å². The van der Waals surface area contributed by atoms with Crippen molar-refractivity contribution in [3.05, 3.63) is 52.2 Å². The van der Waals surface area contributed by atoms with E-state index in [1.807, 2.05) is 23.6 Å². The van der Waals surface area contributed by atoms with E-state index in [1.54, 1.807) is 18.2 Å². The standard InChI is InChI=1S/C14H10N2O2S/c15-9-10(8-13-2-1-7-19-13)14(18)16-11-3-5-12(17)6-4-11/h1-8,17H,(H,16,18)/b10-8+. The molecule has 0 fully saturated rings. The minimum atomic E-state index is -0.471. The number of carbonyl (C=O) groups excluding carboxylic acids is 1. The summed E-state index contributed by atoms with van der Waals surface area (Å²) in [4.78, 5) is 12.7. The Morgan fingerprint density at radius 2 is 2.05 bits per heavy atom. The minimum Gasteiger partial charge on any atom is -0.508 e. The van der Waals surface area contributed by atoms with Gasteiger partial charge in [0.25, 0.3) is 5.91 Å². The highest BCUT2D eigenvalue weighted by atomic mass is 32.1. The van der Waals surface area contributed by atoms with Crippen LogP contribution in [0, 0.1) is 11.3 Å². The number of nitrogens with zero attached hydrogens (tertiary/aromatic N) is 1. The lowest BCUT2D eigenvalue weighted by atomic mass is 10.2. The van der Waals surface area contributed by atoms with Gasteiger partial charge in [0.1, 0.15) is 17.4 Å². The maximum absolute atomic E-state index is 11.9. The summed E-state index contributed by atoms with van der Waals surface area (Å²) in [6.45, 7) is 0. The molecule has 1 amide bonds. The maximum atomic E-state index is 11.9. The molecule has 0 unspecified atom stereocenters. The second kappa shape index (κ2) is 5.85. The predicted molar refractivity (Wildman–Crippen MR) is 74.6 cm³/mol. The quantitative estimate of drug-likeness (QED) is 0.511. The summed E-state index contributed by atoms with van der Waals surface area (Å²) in [5.41, 5.74) is 0.561. The Bertz CT molecular complexity index is 637. The number of hydrogen-bond donors (Lipinski definition) is 2. The predicted octanol–water partition coefficient (Wildman–Crippen LogP) is 3.00. The number of carbonyl (C=O) groups is 1. The summed E-state index contributed by atoms with van der Waals surface area (Å²) in [6.07, 6.45) is 1.54. The monoisotopic (exact) mass is 270 g/mol. The van der Waals surface area contributed by atoms with E-state index < -0.39 is 5.91 Å². The fourth-order valence-electron chi connectivity index (χ4n) is 1.41. The van der Waals surface area contributed by atoms with E-state index in [2.05, 4.69) is 5.32 Å². The Labute approximate surface area is 114 Å². The van der Waals surface area contributed by atoms with Gasteiger partial charge in [-0.3, -0.25) is 4.79 Å². The second-order valence-electron chi connectivity index (χ2n) is 3.69. The molecule has 0 radical (unpaired) electrons. The molecule has 1 aromatic carbocycles. The Morgan fingerprint density at radius 1 is 1.32 bits per heavy atom. The summed E-state index contributed by atoms with van der Waals surface area (Å²) in [6, 6.07) is 11.6. The lowest BCUT2D eigenvalue weighted by Gasteiger charge is -2.03. The van der Waals surface area contributed by atoms with E-state index in [0.717, 1.165) is 4.88 Å². The van der Waals surface area contributed by atoms with Gasteiger partial charge in [-0.15, -0.1) is 11.3 Å². The number of thiophene rings is 1. The molecule has 0 spiro atoms. The molecule has 19 heavy (non-hydrogen) atoms. The first kappa shape index (κ1) is 12.9. The third-order valence-electron chi connectivity index (χ3n) is 2.32. The molecule has 1 heterocycles. The van der Waals surface area contributed by atoms with Gasteiger partial charge in [0, 0.05) is 10.6 Å². The van der Waals surface area contributed by atoms with Gasteiger partial charge in [0.15, 0.2) is 0 Å².